The number of likely N-dealkylation sites (tertiary alicyclic amines) is 1. The van der Waals surface area contributed by atoms with Gasteiger partial charge in [-0.2, -0.15) is 0 Å². The van der Waals surface area contributed by atoms with Gasteiger partial charge in [0.05, 0.1) is 11.0 Å². The summed E-state index contributed by atoms with van der Waals surface area (Å²) in [6.07, 6.45) is 3.56. The Labute approximate surface area is 167 Å². The maximum atomic E-state index is 4.76. The van der Waals surface area contributed by atoms with Crippen LogP contribution in [0.25, 0.3) is 11.0 Å². The van der Waals surface area contributed by atoms with Crippen LogP contribution in [0.15, 0.2) is 42.5 Å². The smallest absolute Gasteiger partial charge is 0.106 e. The minimum atomic E-state index is 0. The van der Waals surface area contributed by atoms with Gasteiger partial charge >= 0.3 is 0 Å². The van der Waals surface area contributed by atoms with Gasteiger partial charge in [-0.3, -0.25) is 4.90 Å². The van der Waals surface area contributed by atoms with Crippen molar-refractivity contribution in [3.8, 4) is 0 Å². The largest absolute Gasteiger partial charge is 0.384 e. The summed E-state index contributed by atoms with van der Waals surface area (Å²) in [5.74, 6) is 1.15. The molecule has 2 aliphatic rings. The highest BCUT2D eigenvalue weighted by Gasteiger charge is 2.24. The van der Waals surface area contributed by atoms with Gasteiger partial charge in [-0.25, -0.2) is 4.98 Å². The van der Waals surface area contributed by atoms with Crippen LogP contribution < -0.4 is 5.32 Å². The molecule has 0 atom stereocenters. The molecular formula is C22H27ClN4. The van der Waals surface area contributed by atoms with Crippen LogP contribution in [0.2, 0.25) is 0 Å². The van der Waals surface area contributed by atoms with Crippen LogP contribution in [-0.2, 0) is 13.0 Å². The molecule has 3 heterocycles. The first-order valence-electron chi connectivity index (χ1n) is 9.80. The molecule has 4 nitrogen and oxygen atoms in total. The molecule has 0 bridgehead atoms. The standard InChI is InChI=1S/C22H26N4.ClH/c1-16-24-20-7-2-3-8-21(20)26(16)19-10-13-25(14-11-19)15-18-6-4-5-17-9-12-23-22(17)18;/h2-8,19,23H,9-15H2,1H3;1H. The molecule has 0 spiro atoms. The number of nitrogens with zero attached hydrogens (tertiary/aromatic N) is 3. The van der Waals surface area contributed by atoms with Crippen LogP contribution in [0.4, 0.5) is 5.69 Å². The summed E-state index contributed by atoms with van der Waals surface area (Å²) in [4.78, 5) is 7.37. The maximum Gasteiger partial charge on any atom is 0.106 e. The fraction of sp³-hybridized carbons (Fsp3) is 0.409. The second kappa shape index (κ2) is 7.53. The molecule has 0 amide bonds. The number of nitrogens with one attached hydrogen (secondary N) is 1. The van der Waals surface area contributed by atoms with E-state index >= 15 is 0 Å². The van der Waals surface area contributed by atoms with Gasteiger partial charge in [0.1, 0.15) is 5.82 Å². The van der Waals surface area contributed by atoms with Crippen LogP contribution >= 0.6 is 12.4 Å². The number of fused-ring (bicyclic) bond motifs is 2. The second-order valence-corrected chi connectivity index (χ2v) is 7.65. The normalized spacial score (nSPS) is 17.5. The van der Waals surface area contributed by atoms with Crippen LogP contribution in [0.5, 0.6) is 0 Å². The first-order chi connectivity index (χ1) is 12.8. The molecule has 1 aromatic heterocycles. The Balaban J connectivity index is 0.00000180. The Morgan fingerprint density at radius 3 is 2.74 bits per heavy atom. The van der Waals surface area contributed by atoms with Crippen molar-refractivity contribution < 1.29 is 0 Å². The Bertz CT molecular complexity index is 941. The lowest BCUT2D eigenvalue weighted by Gasteiger charge is -2.33. The minimum absolute atomic E-state index is 0. The van der Waals surface area contributed by atoms with Crippen molar-refractivity contribution in [2.45, 2.75) is 38.8 Å². The highest BCUT2D eigenvalue weighted by molar-refractivity contribution is 5.85. The highest BCUT2D eigenvalue weighted by Crippen LogP contribution is 2.31. The topological polar surface area (TPSA) is 33.1 Å². The summed E-state index contributed by atoms with van der Waals surface area (Å²) in [5.41, 5.74) is 6.75. The lowest BCUT2D eigenvalue weighted by atomic mass is 10.0. The first kappa shape index (κ1) is 18.3. The van der Waals surface area contributed by atoms with Gasteiger partial charge in [-0.05, 0) is 49.4 Å². The van der Waals surface area contributed by atoms with Crippen LogP contribution in [-0.4, -0.2) is 34.1 Å². The number of imidazole rings is 1. The zero-order valence-corrected chi connectivity index (χ0v) is 16.6. The first-order valence-corrected chi connectivity index (χ1v) is 9.80. The molecule has 1 fully saturated rings. The van der Waals surface area contributed by atoms with E-state index < -0.39 is 0 Å². The lowest BCUT2D eigenvalue weighted by Crippen LogP contribution is -2.34. The van der Waals surface area contributed by atoms with E-state index in [0.29, 0.717) is 6.04 Å². The molecule has 0 aliphatic carbocycles. The number of benzene rings is 2. The predicted molar refractivity (Wildman–Crippen MR) is 114 cm³/mol. The fourth-order valence-electron chi connectivity index (χ4n) is 4.75. The van der Waals surface area contributed by atoms with Crippen molar-refractivity contribution in [3.63, 3.8) is 0 Å². The molecular weight excluding hydrogens is 356 g/mol. The zero-order chi connectivity index (χ0) is 17.5. The Morgan fingerprint density at radius 2 is 1.89 bits per heavy atom. The monoisotopic (exact) mass is 382 g/mol. The summed E-state index contributed by atoms with van der Waals surface area (Å²) in [6.45, 7) is 6.60. The number of hydrogen-bond acceptors (Lipinski definition) is 3. The van der Waals surface area contributed by atoms with Crippen molar-refractivity contribution in [2.24, 2.45) is 0 Å². The van der Waals surface area contributed by atoms with Crippen molar-refractivity contribution in [1.82, 2.24) is 14.5 Å². The molecule has 1 saturated heterocycles. The van der Waals surface area contributed by atoms with E-state index in [9.17, 15) is 0 Å². The van der Waals surface area contributed by atoms with Crippen molar-refractivity contribution in [2.75, 3.05) is 25.0 Å². The van der Waals surface area contributed by atoms with Crippen LogP contribution in [0.1, 0.15) is 35.8 Å². The lowest BCUT2D eigenvalue weighted by molar-refractivity contribution is 0.180. The summed E-state index contributed by atoms with van der Waals surface area (Å²) in [6, 6.07) is 15.9. The number of anilines is 1. The highest BCUT2D eigenvalue weighted by atomic mass is 35.5. The van der Waals surface area contributed by atoms with Gasteiger partial charge in [0.25, 0.3) is 0 Å². The van der Waals surface area contributed by atoms with E-state index in [1.807, 2.05) is 0 Å². The van der Waals surface area contributed by atoms with E-state index in [2.05, 4.69) is 64.2 Å². The summed E-state index contributed by atoms with van der Waals surface area (Å²) < 4.78 is 2.47. The third-order valence-corrected chi connectivity index (χ3v) is 6.02. The number of halogens is 1. The van der Waals surface area contributed by atoms with Gasteiger partial charge in [-0.15, -0.1) is 12.4 Å². The average Bonchev–Trinajstić information content (AvgIpc) is 3.26. The van der Waals surface area contributed by atoms with E-state index in [4.69, 9.17) is 4.98 Å². The van der Waals surface area contributed by atoms with Crippen molar-refractivity contribution in [1.29, 1.82) is 0 Å². The zero-order valence-electron chi connectivity index (χ0n) is 15.8. The van der Waals surface area contributed by atoms with Crippen molar-refractivity contribution in [3.05, 3.63) is 59.4 Å². The number of para-hydroxylation sites is 3. The van der Waals surface area contributed by atoms with Gasteiger partial charge < -0.3 is 9.88 Å². The number of piperidine rings is 1. The number of hydrogen-bond donors (Lipinski definition) is 1. The van der Waals surface area contributed by atoms with Crippen LogP contribution in [0, 0.1) is 6.92 Å². The quantitative estimate of drug-likeness (QED) is 0.720. The average molecular weight is 383 g/mol. The maximum absolute atomic E-state index is 4.76. The molecule has 5 heteroatoms. The molecule has 0 radical (unpaired) electrons. The summed E-state index contributed by atoms with van der Waals surface area (Å²) in [7, 11) is 0. The molecule has 3 aromatic rings. The second-order valence-electron chi connectivity index (χ2n) is 7.65. The van der Waals surface area contributed by atoms with E-state index in [1.165, 1.54) is 35.2 Å². The number of aryl methyl sites for hydroxylation is 1. The number of rotatable bonds is 3. The van der Waals surface area contributed by atoms with E-state index in [0.717, 1.165) is 43.9 Å². The van der Waals surface area contributed by atoms with Gasteiger partial charge in [0.2, 0.25) is 0 Å². The molecule has 142 valence electrons. The van der Waals surface area contributed by atoms with Gasteiger partial charge in [0.15, 0.2) is 0 Å². The molecule has 0 saturated carbocycles. The molecule has 2 aliphatic heterocycles. The van der Waals surface area contributed by atoms with Crippen molar-refractivity contribution >= 4 is 29.1 Å². The van der Waals surface area contributed by atoms with Gasteiger partial charge in [0, 0.05) is 37.9 Å². The summed E-state index contributed by atoms with van der Waals surface area (Å²) in [5, 5.41) is 3.58. The van der Waals surface area contributed by atoms with Gasteiger partial charge in [-0.1, -0.05) is 30.3 Å². The third kappa shape index (κ3) is 3.32. The molecule has 27 heavy (non-hydrogen) atoms. The third-order valence-electron chi connectivity index (χ3n) is 6.02. The van der Waals surface area contributed by atoms with Crippen LogP contribution in [0.3, 0.4) is 0 Å². The summed E-state index contributed by atoms with van der Waals surface area (Å²) >= 11 is 0. The fourth-order valence-corrected chi connectivity index (χ4v) is 4.75. The van der Waals surface area contributed by atoms with E-state index in [-0.39, 0.29) is 12.4 Å². The SMILES string of the molecule is Cc1nc2ccccc2n1C1CCN(Cc2cccc3c2NCC3)CC1.Cl. The molecule has 5 rings (SSSR count). The number of aromatic nitrogens is 2. The predicted octanol–water partition coefficient (Wildman–Crippen LogP) is 4.57. The minimum Gasteiger partial charge on any atom is -0.384 e. The van der Waals surface area contributed by atoms with E-state index in [1.54, 1.807) is 0 Å². The Hall–Kier alpha value is -2.04. The molecule has 0 unspecified atom stereocenters. The Kier molecular flexibility index (Phi) is 5.11. The molecule has 2 aromatic carbocycles. The molecule has 1 N–H and O–H groups in total. The Morgan fingerprint density at radius 1 is 1.07 bits per heavy atom.